The molecule has 0 aromatic carbocycles. The van der Waals surface area contributed by atoms with E-state index in [4.69, 9.17) is 4.74 Å². The average Bonchev–Trinajstić information content (AvgIpc) is 2.99. The summed E-state index contributed by atoms with van der Waals surface area (Å²) in [6, 6.07) is 0. The van der Waals surface area contributed by atoms with Crippen LogP contribution in [0.4, 0.5) is 0 Å². The summed E-state index contributed by atoms with van der Waals surface area (Å²) in [7, 11) is 1.92. The molecular formula is C13H24N2O2. The molecule has 2 heterocycles. The molecule has 2 aliphatic heterocycles. The van der Waals surface area contributed by atoms with Crippen molar-refractivity contribution in [3.63, 3.8) is 0 Å². The van der Waals surface area contributed by atoms with Crippen molar-refractivity contribution in [1.82, 2.24) is 10.2 Å². The van der Waals surface area contributed by atoms with Gasteiger partial charge in [0.2, 0.25) is 5.91 Å². The van der Waals surface area contributed by atoms with Gasteiger partial charge in [-0.15, -0.1) is 0 Å². The van der Waals surface area contributed by atoms with E-state index in [1.165, 1.54) is 0 Å². The molecule has 0 radical (unpaired) electrons. The van der Waals surface area contributed by atoms with E-state index in [0.29, 0.717) is 5.91 Å². The first-order valence-electron chi connectivity index (χ1n) is 6.76. The van der Waals surface area contributed by atoms with Crippen LogP contribution >= 0.6 is 0 Å². The maximum atomic E-state index is 12.5. The molecule has 4 heteroatoms. The molecule has 4 nitrogen and oxygen atoms in total. The topological polar surface area (TPSA) is 41.6 Å². The first-order valence-corrected chi connectivity index (χ1v) is 6.76. The Labute approximate surface area is 104 Å². The fourth-order valence-corrected chi connectivity index (χ4v) is 2.96. The van der Waals surface area contributed by atoms with Crippen LogP contribution in [-0.2, 0) is 9.53 Å². The Morgan fingerprint density at radius 2 is 2.41 bits per heavy atom. The predicted octanol–water partition coefficient (Wildman–Crippen LogP) is 1.01. The maximum Gasteiger partial charge on any atom is 0.229 e. The fourth-order valence-electron chi connectivity index (χ4n) is 2.96. The third-order valence-electron chi connectivity index (χ3n) is 4.22. The lowest BCUT2D eigenvalue weighted by molar-refractivity contribution is -0.141. The van der Waals surface area contributed by atoms with Gasteiger partial charge < -0.3 is 15.0 Å². The number of carbonyl (C=O) groups is 1. The normalized spacial score (nSPS) is 32.9. The van der Waals surface area contributed by atoms with Crippen molar-refractivity contribution in [2.75, 3.05) is 33.3 Å². The third-order valence-corrected chi connectivity index (χ3v) is 4.22. The van der Waals surface area contributed by atoms with E-state index in [2.05, 4.69) is 12.2 Å². The molecule has 2 atom stereocenters. The summed E-state index contributed by atoms with van der Waals surface area (Å²) < 4.78 is 5.59. The first-order chi connectivity index (χ1) is 8.18. The summed E-state index contributed by atoms with van der Waals surface area (Å²) in [4.78, 5) is 14.4. The van der Waals surface area contributed by atoms with E-state index < -0.39 is 0 Å². The number of nitrogens with zero attached hydrogens (tertiary/aromatic N) is 1. The molecule has 0 bridgehead atoms. The maximum absolute atomic E-state index is 12.5. The van der Waals surface area contributed by atoms with Crippen molar-refractivity contribution in [3.05, 3.63) is 0 Å². The second kappa shape index (κ2) is 5.36. The Kier molecular flexibility index (Phi) is 4.05. The lowest BCUT2D eigenvalue weighted by Crippen LogP contribution is -2.45. The molecule has 2 saturated heterocycles. The first kappa shape index (κ1) is 12.8. The van der Waals surface area contributed by atoms with Crippen molar-refractivity contribution < 1.29 is 9.53 Å². The van der Waals surface area contributed by atoms with Gasteiger partial charge in [-0.3, -0.25) is 4.79 Å². The molecule has 2 aliphatic rings. The second-order valence-corrected chi connectivity index (χ2v) is 5.38. The van der Waals surface area contributed by atoms with E-state index >= 15 is 0 Å². The van der Waals surface area contributed by atoms with Gasteiger partial charge in [0, 0.05) is 26.7 Å². The highest BCUT2D eigenvalue weighted by Crippen LogP contribution is 2.31. The van der Waals surface area contributed by atoms with E-state index in [9.17, 15) is 4.79 Å². The summed E-state index contributed by atoms with van der Waals surface area (Å²) in [5.74, 6) is 0.292. The number of amides is 1. The lowest BCUT2D eigenvalue weighted by Gasteiger charge is -2.32. The Morgan fingerprint density at radius 1 is 1.59 bits per heavy atom. The summed E-state index contributed by atoms with van der Waals surface area (Å²) in [5.41, 5.74) is -0.159. The molecule has 17 heavy (non-hydrogen) atoms. The minimum absolute atomic E-state index is 0.159. The van der Waals surface area contributed by atoms with Crippen LogP contribution < -0.4 is 5.32 Å². The van der Waals surface area contributed by atoms with E-state index in [0.717, 1.165) is 51.9 Å². The van der Waals surface area contributed by atoms with Gasteiger partial charge >= 0.3 is 0 Å². The quantitative estimate of drug-likeness (QED) is 0.797. The Balaban J connectivity index is 1.93. The number of hydrogen-bond acceptors (Lipinski definition) is 3. The highest BCUT2D eigenvalue weighted by atomic mass is 16.5. The molecule has 2 unspecified atom stereocenters. The number of hydrogen-bond donors (Lipinski definition) is 1. The SMILES string of the molecule is CCC1(C(=O)N(C)CC2CCCO2)CCNC1. The lowest BCUT2D eigenvalue weighted by atomic mass is 9.83. The van der Waals surface area contributed by atoms with Crippen molar-refractivity contribution in [2.45, 2.75) is 38.7 Å². The Hall–Kier alpha value is -0.610. The molecule has 0 aromatic heterocycles. The van der Waals surface area contributed by atoms with Crippen molar-refractivity contribution in [1.29, 1.82) is 0 Å². The molecule has 0 aliphatic carbocycles. The van der Waals surface area contributed by atoms with E-state index in [1.807, 2.05) is 11.9 Å². The van der Waals surface area contributed by atoms with Crippen molar-refractivity contribution in [2.24, 2.45) is 5.41 Å². The molecule has 0 aromatic rings. The monoisotopic (exact) mass is 240 g/mol. The van der Waals surface area contributed by atoms with Crippen LogP contribution in [0.1, 0.15) is 32.6 Å². The average molecular weight is 240 g/mol. The van der Waals surface area contributed by atoms with Crippen LogP contribution in [0.3, 0.4) is 0 Å². The highest BCUT2D eigenvalue weighted by molar-refractivity contribution is 5.83. The van der Waals surface area contributed by atoms with Gasteiger partial charge in [0.05, 0.1) is 11.5 Å². The Morgan fingerprint density at radius 3 is 2.94 bits per heavy atom. The van der Waals surface area contributed by atoms with Crippen molar-refractivity contribution >= 4 is 5.91 Å². The highest BCUT2D eigenvalue weighted by Gasteiger charge is 2.41. The molecular weight excluding hydrogens is 216 g/mol. The zero-order valence-corrected chi connectivity index (χ0v) is 11.0. The zero-order valence-electron chi connectivity index (χ0n) is 11.0. The molecule has 1 amide bonds. The van der Waals surface area contributed by atoms with Gasteiger partial charge in [0.1, 0.15) is 0 Å². The van der Waals surface area contributed by atoms with Gasteiger partial charge in [0.15, 0.2) is 0 Å². The summed E-state index contributed by atoms with van der Waals surface area (Å²) in [6.07, 6.45) is 4.38. The van der Waals surface area contributed by atoms with Crippen LogP contribution in [0.2, 0.25) is 0 Å². The smallest absolute Gasteiger partial charge is 0.229 e. The summed E-state index contributed by atoms with van der Waals surface area (Å²) in [5, 5.41) is 3.31. The van der Waals surface area contributed by atoms with E-state index in [-0.39, 0.29) is 11.5 Å². The molecule has 2 rings (SSSR count). The standard InChI is InChI=1S/C13H24N2O2/c1-3-13(6-7-14-10-13)12(16)15(2)9-11-5-4-8-17-11/h11,14H,3-10H2,1-2H3. The molecule has 2 fully saturated rings. The molecule has 0 spiro atoms. The number of ether oxygens (including phenoxy) is 1. The van der Waals surface area contributed by atoms with Crippen molar-refractivity contribution in [3.8, 4) is 0 Å². The summed E-state index contributed by atoms with van der Waals surface area (Å²) >= 11 is 0. The van der Waals surface area contributed by atoms with Gasteiger partial charge in [-0.2, -0.15) is 0 Å². The fraction of sp³-hybridized carbons (Fsp3) is 0.923. The van der Waals surface area contributed by atoms with Gasteiger partial charge in [-0.1, -0.05) is 6.92 Å². The molecule has 98 valence electrons. The van der Waals surface area contributed by atoms with Gasteiger partial charge in [-0.05, 0) is 32.2 Å². The zero-order chi connectivity index (χ0) is 12.3. The second-order valence-electron chi connectivity index (χ2n) is 5.38. The Bertz CT molecular complexity index is 269. The van der Waals surface area contributed by atoms with Gasteiger partial charge in [0.25, 0.3) is 0 Å². The number of carbonyl (C=O) groups excluding carboxylic acids is 1. The van der Waals surface area contributed by atoms with Crippen LogP contribution in [0.15, 0.2) is 0 Å². The van der Waals surface area contributed by atoms with Crippen LogP contribution in [0, 0.1) is 5.41 Å². The molecule has 0 saturated carbocycles. The number of likely N-dealkylation sites (N-methyl/N-ethyl adjacent to an activating group) is 1. The minimum Gasteiger partial charge on any atom is -0.376 e. The predicted molar refractivity (Wildman–Crippen MR) is 66.8 cm³/mol. The van der Waals surface area contributed by atoms with Crippen LogP contribution in [0.25, 0.3) is 0 Å². The van der Waals surface area contributed by atoms with E-state index in [1.54, 1.807) is 0 Å². The minimum atomic E-state index is -0.159. The van der Waals surface area contributed by atoms with Crippen LogP contribution in [0.5, 0.6) is 0 Å². The number of rotatable bonds is 4. The van der Waals surface area contributed by atoms with Gasteiger partial charge in [-0.25, -0.2) is 0 Å². The summed E-state index contributed by atoms with van der Waals surface area (Å²) in [6.45, 7) is 5.52. The largest absolute Gasteiger partial charge is 0.376 e. The molecule has 1 N–H and O–H groups in total. The third kappa shape index (κ3) is 2.63. The number of nitrogens with one attached hydrogen (secondary N) is 1. The van der Waals surface area contributed by atoms with Crippen LogP contribution in [-0.4, -0.2) is 50.2 Å².